The topological polar surface area (TPSA) is 73.8 Å². The summed E-state index contributed by atoms with van der Waals surface area (Å²) in [6.07, 6.45) is 0. The first-order chi connectivity index (χ1) is 6.20. The van der Waals surface area contributed by atoms with Crippen molar-refractivity contribution < 1.29 is 4.92 Å². The number of non-ortho nitro benzene ring substituents is 1. The van der Waals surface area contributed by atoms with E-state index in [9.17, 15) is 10.1 Å². The maximum atomic E-state index is 10.6. The molecule has 6 nitrogen and oxygen atoms in total. The zero-order valence-electron chi connectivity index (χ0n) is 6.84. The lowest BCUT2D eigenvalue weighted by atomic mass is 10.3. The number of fused-ring (bicyclic) bond motifs is 1. The molecule has 0 bridgehead atoms. The molecule has 66 valence electrons. The summed E-state index contributed by atoms with van der Waals surface area (Å²) in [4.78, 5) is 10.2. The SMILES string of the molecule is Cn1nnc2cccc([N+](=O)[O-])c21. The summed E-state index contributed by atoms with van der Waals surface area (Å²) < 4.78 is 1.40. The minimum absolute atomic E-state index is 0.0324. The summed E-state index contributed by atoms with van der Waals surface area (Å²) in [6, 6.07) is 4.72. The normalized spacial score (nSPS) is 10.5. The molecule has 6 heteroatoms. The summed E-state index contributed by atoms with van der Waals surface area (Å²) >= 11 is 0. The van der Waals surface area contributed by atoms with Gasteiger partial charge in [0.1, 0.15) is 5.52 Å². The Morgan fingerprint density at radius 1 is 1.54 bits per heavy atom. The molecule has 0 fully saturated rings. The van der Waals surface area contributed by atoms with E-state index in [1.54, 1.807) is 19.2 Å². The van der Waals surface area contributed by atoms with E-state index in [1.165, 1.54) is 10.7 Å². The van der Waals surface area contributed by atoms with Gasteiger partial charge in [0.05, 0.1) is 4.92 Å². The third-order valence-electron chi connectivity index (χ3n) is 1.80. The molecule has 0 saturated heterocycles. The predicted molar refractivity (Wildman–Crippen MR) is 45.2 cm³/mol. The molecule has 1 aromatic carbocycles. The van der Waals surface area contributed by atoms with Crippen LogP contribution in [0.25, 0.3) is 11.0 Å². The third-order valence-corrected chi connectivity index (χ3v) is 1.80. The Morgan fingerprint density at radius 3 is 3.00 bits per heavy atom. The Bertz CT molecular complexity index is 476. The van der Waals surface area contributed by atoms with E-state index < -0.39 is 4.92 Å². The molecule has 1 aromatic heterocycles. The lowest BCUT2D eigenvalue weighted by Crippen LogP contribution is -1.95. The zero-order chi connectivity index (χ0) is 9.42. The molecule has 0 amide bonds. The van der Waals surface area contributed by atoms with E-state index in [0.717, 1.165) is 0 Å². The zero-order valence-corrected chi connectivity index (χ0v) is 6.84. The molecule has 2 aromatic rings. The standard InChI is InChI=1S/C7H6N4O2/c1-10-7-5(8-9-10)3-2-4-6(7)11(12)13/h2-4H,1H3. The van der Waals surface area contributed by atoms with Crippen molar-refractivity contribution in [2.75, 3.05) is 0 Å². The molecule has 0 unspecified atom stereocenters. The second-order valence-corrected chi connectivity index (χ2v) is 2.62. The fraction of sp³-hybridized carbons (Fsp3) is 0.143. The van der Waals surface area contributed by atoms with Crippen molar-refractivity contribution in [3.63, 3.8) is 0 Å². The maximum Gasteiger partial charge on any atom is 0.296 e. The first kappa shape index (κ1) is 7.66. The summed E-state index contributed by atoms with van der Waals surface area (Å²) in [5.74, 6) is 0. The Hall–Kier alpha value is -1.98. The van der Waals surface area contributed by atoms with Crippen molar-refractivity contribution >= 4 is 16.7 Å². The molecule has 0 aliphatic rings. The average Bonchev–Trinajstić information content (AvgIpc) is 2.48. The molecule has 0 atom stereocenters. The Balaban J connectivity index is 2.88. The summed E-state index contributed by atoms with van der Waals surface area (Å²) in [5.41, 5.74) is 1.02. The van der Waals surface area contributed by atoms with Gasteiger partial charge in [0.25, 0.3) is 5.69 Å². The number of benzene rings is 1. The van der Waals surface area contributed by atoms with Crippen LogP contribution in [0.3, 0.4) is 0 Å². The third kappa shape index (κ3) is 1.03. The van der Waals surface area contributed by atoms with Crippen LogP contribution in [0.5, 0.6) is 0 Å². The lowest BCUT2D eigenvalue weighted by molar-refractivity contribution is -0.383. The Labute approximate surface area is 72.9 Å². The molecule has 2 rings (SSSR count). The van der Waals surface area contributed by atoms with E-state index in [4.69, 9.17) is 0 Å². The van der Waals surface area contributed by atoms with E-state index in [-0.39, 0.29) is 5.69 Å². The number of para-hydroxylation sites is 1. The van der Waals surface area contributed by atoms with Crippen molar-refractivity contribution in [1.82, 2.24) is 15.0 Å². The van der Waals surface area contributed by atoms with Crippen LogP contribution < -0.4 is 0 Å². The van der Waals surface area contributed by atoms with E-state index in [2.05, 4.69) is 10.3 Å². The number of aromatic nitrogens is 3. The molecule has 13 heavy (non-hydrogen) atoms. The van der Waals surface area contributed by atoms with Gasteiger partial charge in [-0.05, 0) is 6.07 Å². The van der Waals surface area contributed by atoms with Crippen LogP contribution in [-0.2, 0) is 7.05 Å². The minimum Gasteiger partial charge on any atom is -0.258 e. The smallest absolute Gasteiger partial charge is 0.258 e. The first-order valence-corrected chi connectivity index (χ1v) is 3.63. The fourth-order valence-electron chi connectivity index (χ4n) is 1.24. The highest BCUT2D eigenvalue weighted by molar-refractivity contribution is 5.83. The van der Waals surface area contributed by atoms with Crippen molar-refractivity contribution in [3.05, 3.63) is 28.3 Å². The van der Waals surface area contributed by atoms with Gasteiger partial charge in [0, 0.05) is 13.1 Å². The van der Waals surface area contributed by atoms with Gasteiger partial charge >= 0.3 is 0 Å². The highest BCUT2D eigenvalue weighted by Crippen LogP contribution is 2.22. The molecular formula is C7H6N4O2. The monoisotopic (exact) mass is 178 g/mol. The highest BCUT2D eigenvalue weighted by atomic mass is 16.6. The van der Waals surface area contributed by atoms with Crippen molar-refractivity contribution in [2.24, 2.45) is 7.05 Å². The van der Waals surface area contributed by atoms with Crippen LogP contribution in [0, 0.1) is 10.1 Å². The summed E-state index contributed by atoms with van der Waals surface area (Å²) in [7, 11) is 1.63. The molecule has 0 spiro atoms. The number of aryl methyl sites for hydroxylation is 1. The number of rotatable bonds is 1. The highest BCUT2D eigenvalue weighted by Gasteiger charge is 2.15. The van der Waals surface area contributed by atoms with Crippen molar-refractivity contribution in [2.45, 2.75) is 0 Å². The minimum atomic E-state index is -0.439. The molecule has 0 N–H and O–H groups in total. The number of nitro groups is 1. The van der Waals surface area contributed by atoms with Gasteiger partial charge in [-0.2, -0.15) is 0 Å². The molecule has 0 saturated carbocycles. The second kappa shape index (κ2) is 2.51. The van der Waals surface area contributed by atoms with E-state index in [0.29, 0.717) is 11.0 Å². The van der Waals surface area contributed by atoms with Crippen molar-refractivity contribution in [1.29, 1.82) is 0 Å². The summed E-state index contributed by atoms with van der Waals surface area (Å²) in [6.45, 7) is 0. The molecule has 0 aliphatic carbocycles. The Kier molecular flexibility index (Phi) is 1.48. The van der Waals surface area contributed by atoms with Crippen LogP contribution in [-0.4, -0.2) is 19.9 Å². The summed E-state index contributed by atoms with van der Waals surface area (Å²) in [5, 5.41) is 18.1. The second-order valence-electron chi connectivity index (χ2n) is 2.62. The number of nitrogens with zero attached hydrogens (tertiary/aromatic N) is 4. The van der Waals surface area contributed by atoms with Gasteiger partial charge in [0.2, 0.25) is 0 Å². The van der Waals surface area contributed by atoms with E-state index in [1.807, 2.05) is 0 Å². The van der Waals surface area contributed by atoms with Gasteiger partial charge in [-0.15, -0.1) is 5.10 Å². The Morgan fingerprint density at radius 2 is 2.31 bits per heavy atom. The fourth-order valence-corrected chi connectivity index (χ4v) is 1.24. The van der Waals surface area contributed by atoms with Gasteiger partial charge in [-0.3, -0.25) is 10.1 Å². The van der Waals surface area contributed by atoms with Crippen LogP contribution in [0.4, 0.5) is 5.69 Å². The molecule has 0 radical (unpaired) electrons. The average molecular weight is 178 g/mol. The van der Waals surface area contributed by atoms with Gasteiger partial charge < -0.3 is 0 Å². The number of nitro benzene ring substituents is 1. The predicted octanol–water partition coefficient (Wildman–Crippen LogP) is 0.876. The molecule has 1 heterocycles. The van der Waals surface area contributed by atoms with Gasteiger partial charge in [0.15, 0.2) is 5.52 Å². The van der Waals surface area contributed by atoms with Crippen molar-refractivity contribution in [3.8, 4) is 0 Å². The van der Waals surface area contributed by atoms with Gasteiger partial charge in [-0.25, -0.2) is 4.68 Å². The molecule has 0 aliphatic heterocycles. The maximum absolute atomic E-state index is 10.6. The van der Waals surface area contributed by atoms with E-state index >= 15 is 0 Å². The first-order valence-electron chi connectivity index (χ1n) is 3.63. The molecular weight excluding hydrogens is 172 g/mol. The quantitative estimate of drug-likeness (QED) is 0.479. The number of hydrogen-bond donors (Lipinski definition) is 0. The van der Waals surface area contributed by atoms with Crippen LogP contribution in [0.1, 0.15) is 0 Å². The largest absolute Gasteiger partial charge is 0.296 e. The van der Waals surface area contributed by atoms with Crippen LogP contribution in [0.2, 0.25) is 0 Å². The van der Waals surface area contributed by atoms with Crippen LogP contribution >= 0.6 is 0 Å². The van der Waals surface area contributed by atoms with Crippen LogP contribution in [0.15, 0.2) is 18.2 Å². The van der Waals surface area contributed by atoms with Gasteiger partial charge in [-0.1, -0.05) is 11.3 Å². The lowest BCUT2D eigenvalue weighted by Gasteiger charge is -1.93. The number of hydrogen-bond acceptors (Lipinski definition) is 4.